The van der Waals surface area contributed by atoms with E-state index in [0.717, 1.165) is 12.1 Å². The van der Waals surface area contributed by atoms with Crippen molar-refractivity contribution < 1.29 is 28.3 Å². The molecule has 9 nitrogen and oxygen atoms in total. The Kier molecular flexibility index (Phi) is 5.61. The third-order valence-corrected chi connectivity index (χ3v) is 4.15. The van der Waals surface area contributed by atoms with Crippen molar-refractivity contribution in [1.82, 2.24) is 4.72 Å². The number of nitrogens with one attached hydrogen (secondary N) is 1. The number of nitro groups is 1. The molecule has 0 aliphatic heterocycles. The van der Waals surface area contributed by atoms with E-state index in [2.05, 4.69) is 0 Å². The van der Waals surface area contributed by atoms with Gasteiger partial charge in [0, 0.05) is 17.6 Å². The number of benzene rings is 1. The second kappa shape index (κ2) is 6.80. The molecule has 0 aliphatic rings. The molecule has 1 atom stereocenters. The van der Waals surface area contributed by atoms with Crippen LogP contribution in [0.5, 0.6) is 0 Å². The molecule has 0 aliphatic carbocycles. The summed E-state index contributed by atoms with van der Waals surface area (Å²) in [4.78, 5) is 19.7. The molecular weight excluding hydrogens is 328 g/mol. The van der Waals surface area contributed by atoms with Crippen LogP contribution < -0.4 is 4.72 Å². The van der Waals surface area contributed by atoms with Gasteiger partial charge in [0.1, 0.15) is 0 Å². The summed E-state index contributed by atoms with van der Waals surface area (Å²) in [5.41, 5.74) is -0.700. The van der Waals surface area contributed by atoms with Crippen molar-refractivity contribution >= 4 is 33.3 Å². The second-order valence-electron chi connectivity index (χ2n) is 3.91. The Hall–Kier alpha value is -1.75. The number of aliphatic carboxylic acids is 1. The van der Waals surface area contributed by atoms with Gasteiger partial charge in [-0.1, -0.05) is 11.6 Å². The summed E-state index contributed by atoms with van der Waals surface area (Å²) in [5.74, 6) is -1.49. The van der Waals surface area contributed by atoms with Gasteiger partial charge >= 0.3 is 5.97 Å². The normalized spacial score (nSPS) is 12.9. The largest absolute Gasteiger partial charge is 0.479 e. The monoisotopic (exact) mass is 338 g/mol. The predicted molar refractivity (Wildman–Crippen MR) is 71.6 cm³/mol. The molecular formula is C10H11ClN2O7S. The number of hydrogen-bond donors (Lipinski definition) is 3. The Morgan fingerprint density at radius 1 is 1.48 bits per heavy atom. The van der Waals surface area contributed by atoms with Gasteiger partial charge in [0.15, 0.2) is 11.0 Å². The summed E-state index contributed by atoms with van der Waals surface area (Å²) in [6, 6.07) is 3.04. The lowest BCUT2D eigenvalue weighted by Crippen LogP contribution is -2.30. The number of sulfonamides is 1. The van der Waals surface area contributed by atoms with Gasteiger partial charge in [0.2, 0.25) is 10.0 Å². The van der Waals surface area contributed by atoms with Crippen LogP contribution in [0.3, 0.4) is 0 Å². The van der Waals surface area contributed by atoms with E-state index in [1.807, 2.05) is 4.72 Å². The molecule has 0 saturated carbocycles. The van der Waals surface area contributed by atoms with Gasteiger partial charge in [-0.2, -0.15) is 0 Å². The van der Waals surface area contributed by atoms with E-state index in [9.17, 15) is 23.3 Å². The van der Waals surface area contributed by atoms with Gasteiger partial charge < -0.3 is 10.2 Å². The van der Waals surface area contributed by atoms with Crippen LogP contribution in [-0.4, -0.2) is 42.2 Å². The molecule has 0 heterocycles. The number of aliphatic hydroxyl groups excluding tert-OH is 1. The summed E-state index contributed by atoms with van der Waals surface area (Å²) < 4.78 is 25.8. The third-order valence-electron chi connectivity index (χ3n) is 2.40. The number of hydrogen-bond acceptors (Lipinski definition) is 6. The lowest BCUT2D eigenvalue weighted by atomic mass is 10.3. The Morgan fingerprint density at radius 3 is 2.62 bits per heavy atom. The van der Waals surface area contributed by atoms with E-state index < -0.39 is 44.1 Å². The number of carboxylic acids is 1. The number of halogens is 1. The van der Waals surface area contributed by atoms with Crippen molar-refractivity contribution in [3.05, 3.63) is 33.3 Å². The molecule has 21 heavy (non-hydrogen) atoms. The first-order chi connectivity index (χ1) is 9.65. The Bertz CT molecular complexity index is 661. The number of carbonyl (C=O) groups is 1. The zero-order valence-corrected chi connectivity index (χ0v) is 12.0. The molecule has 1 aromatic carbocycles. The molecule has 1 unspecified atom stereocenters. The molecule has 1 rings (SSSR count). The van der Waals surface area contributed by atoms with Crippen molar-refractivity contribution in [2.24, 2.45) is 0 Å². The van der Waals surface area contributed by atoms with Crippen LogP contribution in [-0.2, 0) is 14.8 Å². The third kappa shape index (κ3) is 4.63. The van der Waals surface area contributed by atoms with E-state index in [1.54, 1.807) is 0 Å². The van der Waals surface area contributed by atoms with Crippen LogP contribution >= 0.6 is 11.6 Å². The number of rotatable bonds is 7. The number of nitrogens with zero attached hydrogens (tertiary/aromatic N) is 1. The van der Waals surface area contributed by atoms with Crippen LogP contribution in [0.1, 0.15) is 6.42 Å². The van der Waals surface area contributed by atoms with Gasteiger partial charge in [0.25, 0.3) is 5.69 Å². The van der Waals surface area contributed by atoms with E-state index in [4.69, 9.17) is 21.8 Å². The first kappa shape index (κ1) is 17.3. The zero-order chi connectivity index (χ0) is 16.2. The summed E-state index contributed by atoms with van der Waals surface area (Å²) in [6.45, 7) is -0.393. The minimum absolute atomic E-state index is 0.00181. The van der Waals surface area contributed by atoms with E-state index in [0.29, 0.717) is 0 Å². The van der Waals surface area contributed by atoms with Crippen LogP contribution in [0.4, 0.5) is 5.69 Å². The number of aliphatic hydroxyl groups is 1. The molecule has 1 aromatic rings. The van der Waals surface area contributed by atoms with E-state index in [1.165, 1.54) is 6.07 Å². The topological polar surface area (TPSA) is 147 Å². The SMILES string of the molecule is O=C(O)C(O)CCNS(=O)(=O)c1ccc(Cl)cc1[N+](=O)[O-]. The van der Waals surface area contributed by atoms with Crippen LogP contribution in [0.2, 0.25) is 5.02 Å². The van der Waals surface area contributed by atoms with Crippen molar-refractivity contribution in [2.45, 2.75) is 17.4 Å². The van der Waals surface area contributed by atoms with E-state index >= 15 is 0 Å². The Labute approximate surface area is 124 Å². The Morgan fingerprint density at radius 2 is 2.10 bits per heavy atom. The standard InChI is InChI=1S/C10H11ClN2O7S/c11-6-1-2-9(7(5-6)13(17)18)21(19,20)12-4-3-8(14)10(15)16/h1-2,5,8,12,14H,3-4H2,(H,15,16). The first-order valence-electron chi connectivity index (χ1n) is 5.49. The average molecular weight is 339 g/mol. The summed E-state index contributed by atoms with van der Waals surface area (Å²) in [7, 11) is -4.23. The van der Waals surface area contributed by atoms with E-state index in [-0.39, 0.29) is 11.4 Å². The fourth-order valence-corrected chi connectivity index (χ4v) is 2.76. The summed E-state index contributed by atoms with van der Waals surface area (Å²) in [6.07, 6.45) is -2.11. The van der Waals surface area contributed by atoms with Gasteiger partial charge in [-0.15, -0.1) is 0 Å². The quantitative estimate of drug-likeness (QED) is 0.480. The van der Waals surface area contributed by atoms with Crippen LogP contribution in [0.25, 0.3) is 0 Å². The molecule has 0 spiro atoms. The molecule has 0 amide bonds. The van der Waals surface area contributed by atoms with Crippen LogP contribution in [0, 0.1) is 10.1 Å². The lowest BCUT2D eigenvalue weighted by Gasteiger charge is -2.09. The molecule has 3 N–H and O–H groups in total. The molecule has 0 fully saturated rings. The lowest BCUT2D eigenvalue weighted by molar-refractivity contribution is -0.387. The number of carboxylic acid groups (broad SMARTS) is 1. The van der Waals surface area contributed by atoms with Gasteiger partial charge in [-0.3, -0.25) is 10.1 Å². The maximum Gasteiger partial charge on any atom is 0.332 e. The fraction of sp³-hybridized carbons (Fsp3) is 0.300. The highest BCUT2D eigenvalue weighted by atomic mass is 35.5. The predicted octanol–water partition coefficient (Wildman–Crippen LogP) is 0.362. The maximum absolute atomic E-state index is 11.9. The maximum atomic E-state index is 11.9. The smallest absolute Gasteiger partial charge is 0.332 e. The zero-order valence-electron chi connectivity index (χ0n) is 10.4. The average Bonchev–Trinajstić information content (AvgIpc) is 2.37. The Balaban J connectivity index is 2.93. The van der Waals surface area contributed by atoms with Gasteiger partial charge in [-0.05, 0) is 18.6 Å². The fourth-order valence-electron chi connectivity index (χ4n) is 1.39. The number of nitro benzene ring substituents is 1. The highest BCUT2D eigenvalue weighted by molar-refractivity contribution is 7.89. The highest BCUT2D eigenvalue weighted by Gasteiger charge is 2.26. The molecule has 0 aromatic heterocycles. The molecule has 0 bridgehead atoms. The second-order valence-corrected chi connectivity index (χ2v) is 6.08. The van der Waals surface area contributed by atoms with Crippen LogP contribution in [0.15, 0.2) is 23.1 Å². The highest BCUT2D eigenvalue weighted by Crippen LogP contribution is 2.26. The minimum Gasteiger partial charge on any atom is -0.479 e. The molecule has 0 radical (unpaired) electrons. The van der Waals surface area contributed by atoms with Crippen molar-refractivity contribution in [3.8, 4) is 0 Å². The molecule has 11 heteroatoms. The summed E-state index contributed by atoms with van der Waals surface area (Å²) >= 11 is 5.57. The summed E-state index contributed by atoms with van der Waals surface area (Å²) in [5, 5.41) is 28.3. The molecule has 0 saturated heterocycles. The first-order valence-corrected chi connectivity index (χ1v) is 7.35. The molecule has 116 valence electrons. The van der Waals surface area contributed by atoms with Crippen molar-refractivity contribution in [3.63, 3.8) is 0 Å². The minimum atomic E-state index is -4.23. The van der Waals surface area contributed by atoms with Crippen molar-refractivity contribution in [2.75, 3.05) is 6.54 Å². The van der Waals surface area contributed by atoms with Gasteiger partial charge in [-0.25, -0.2) is 17.9 Å². The van der Waals surface area contributed by atoms with Gasteiger partial charge in [0.05, 0.1) is 4.92 Å². The van der Waals surface area contributed by atoms with Crippen molar-refractivity contribution in [1.29, 1.82) is 0 Å².